The molecule has 0 saturated heterocycles. The van der Waals surface area contributed by atoms with Crippen molar-refractivity contribution in [1.82, 2.24) is 0 Å². The quantitative estimate of drug-likeness (QED) is 0.837. The highest BCUT2D eigenvalue weighted by Crippen LogP contribution is 2.28. The van der Waals surface area contributed by atoms with Gasteiger partial charge < -0.3 is 5.11 Å². The normalized spacial score (nSPS) is 10.9. The van der Waals surface area contributed by atoms with Crippen LogP contribution in [0.3, 0.4) is 0 Å². The van der Waals surface area contributed by atoms with Gasteiger partial charge in [-0.3, -0.25) is 0 Å². The van der Waals surface area contributed by atoms with Crippen LogP contribution in [0.4, 0.5) is 0 Å². The van der Waals surface area contributed by atoms with Gasteiger partial charge in [-0.25, -0.2) is 4.79 Å². The topological polar surface area (TPSA) is 37.3 Å². The number of aryl methyl sites for hydroxylation is 3. The Kier molecular flexibility index (Phi) is 4.04. The zero-order valence-corrected chi connectivity index (χ0v) is 12.0. The summed E-state index contributed by atoms with van der Waals surface area (Å²) in [5.74, 6) is -0.931. The van der Waals surface area contributed by atoms with E-state index in [9.17, 15) is 4.79 Å². The number of hydrogen-bond donors (Lipinski definition) is 1. The first kappa shape index (κ1) is 14.1. The van der Waals surface area contributed by atoms with Crippen LogP contribution in [0.5, 0.6) is 0 Å². The lowest BCUT2D eigenvalue weighted by molar-refractivity contribution is -0.131. The Bertz CT molecular complexity index is 641. The summed E-state index contributed by atoms with van der Waals surface area (Å²) < 4.78 is 0. The largest absolute Gasteiger partial charge is 0.478 e. The molecule has 2 aromatic rings. The average molecular weight is 266 g/mol. The van der Waals surface area contributed by atoms with E-state index in [1.54, 1.807) is 6.08 Å². The number of benzene rings is 2. The highest BCUT2D eigenvalue weighted by atomic mass is 16.4. The van der Waals surface area contributed by atoms with Crippen LogP contribution in [0.15, 0.2) is 42.5 Å². The monoisotopic (exact) mass is 266 g/mol. The van der Waals surface area contributed by atoms with Crippen molar-refractivity contribution in [3.63, 3.8) is 0 Å². The fourth-order valence-electron chi connectivity index (χ4n) is 2.56. The lowest BCUT2D eigenvalue weighted by atomic mass is 9.93. The van der Waals surface area contributed by atoms with Gasteiger partial charge in [0.15, 0.2) is 0 Å². The van der Waals surface area contributed by atoms with Crippen molar-refractivity contribution in [2.75, 3.05) is 0 Å². The van der Waals surface area contributed by atoms with Gasteiger partial charge in [0, 0.05) is 6.08 Å². The summed E-state index contributed by atoms with van der Waals surface area (Å²) in [5.41, 5.74) is 7.09. The molecule has 0 atom stereocenters. The third kappa shape index (κ3) is 3.15. The second-order valence-corrected chi connectivity index (χ2v) is 5.07. The van der Waals surface area contributed by atoms with E-state index in [-0.39, 0.29) is 0 Å². The van der Waals surface area contributed by atoms with Crippen molar-refractivity contribution in [3.05, 3.63) is 64.7 Å². The number of carboxylic acids is 1. The van der Waals surface area contributed by atoms with Gasteiger partial charge in [-0.2, -0.15) is 0 Å². The SMILES string of the molecule is Cc1cc(C)c(-c2ccc(/C=C/C(=O)O)cc2)c(C)c1. The number of carbonyl (C=O) groups is 1. The van der Waals surface area contributed by atoms with Gasteiger partial charge in [0.2, 0.25) is 0 Å². The Balaban J connectivity index is 2.38. The van der Waals surface area contributed by atoms with Gasteiger partial charge in [-0.05, 0) is 54.7 Å². The molecule has 2 nitrogen and oxygen atoms in total. The van der Waals surface area contributed by atoms with E-state index in [2.05, 4.69) is 32.9 Å². The molecule has 0 heterocycles. The van der Waals surface area contributed by atoms with Crippen molar-refractivity contribution >= 4 is 12.0 Å². The van der Waals surface area contributed by atoms with Crippen molar-refractivity contribution < 1.29 is 9.90 Å². The van der Waals surface area contributed by atoms with Gasteiger partial charge >= 0.3 is 5.97 Å². The lowest BCUT2D eigenvalue weighted by Gasteiger charge is -2.11. The predicted octanol–water partition coefficient (Wildman–Crippen LogP) is 4.38. The molecule has 0 aliphatic rings. The van der Waals surface area contributed by atoms with Gasteiger partial charge in [-0.15, -0.1) is 0 Å². The zero-order chi connectivity index (χ0) is 14.7. The molecular weight excluding hydrogens is 248 g/mol. The van der Waals surface area contributed by atoms with Crippen molar-refractivity contribution in [2.24, 2.45) is 0 Å². The van der Waals surface area contributed by atoms with Gasteiger partial charge in [0.25, 0.3) is 0 Å². The summed E-state index contributed by atoms with van der Waals surface area (Å²) in [6.07, 6.45) is 2.75. The first-order valence-corrected chi connectivity index (χ1v) is 6.56. The van der Waals surface area contributed by atoms with E-state index in [4.69, 9.17) is 5.11 Å². The molecule has 1 N–H and O–H groups in total. The maximum absolute atomic E-state index is 10.5. The fourth-order valence-corrected chi connectivity index (χ4v) is 2.56. The standard InChI is InChI=1S/C18H18O2/c1-12-10-13(2)18(14(3)11-12)16-7-4-15(5-8-16)6-9-17(19)20/h4-11H,1-3H3,(H,19,20)/b9-6+. The molecule has 0 amide bonds. The molecule has 20 heavy (non-hydrogen) atoms. The second-order valence-electron chi connectivity index (χ2n) is 5.07. The van der Waals surface area contributed by atoms with Gasteiger partial charge in [0.05, 0.1) is 0 Å². The molecule has 0 aromatic heterocycles. The summed E-state index contributed by atoms with van der Waals surface area (Å²) in [6.45, 7) is 6.34. The van der Waals surface area contributed by atoms with Crippen LogP contribution < -0.4 is 0 Å². The van der Waals surface area contributed by atoms with Gasteiger partial charge in [0.1, 0.15) is 0 Å². The molecule has 0 spiro atoms. The summed E-state index contributed by atoms with van der Waals surface area (Å²) in [4.78, 5) is 10.5. The summed E-state index contributed by atoms with van der Waals surface area (Å²) in [6, 6.07) is 12.3. The first-order valence-electron chi connectivity index (χ1n) is 6.56. The Labute approximate surface area is 119 Å². The average Bonchev–Trinajstić information content (AvgIpc) is 2.36. The summed E-state index contributed by atoms with van der Waals surface area (Å²) in [5, 5.41) is 8.62. The minimum atomic E-state index is -0.931. The smallest absolute Gasteiger partial charge is 0.328 e. The van der Waals surface area contributed by atoms with Crippen LogP contribution in [0.25, 0.3) is 17.2 Å². The fraction of sp³-hybridized carbons (Fsp3) is 0.167. The van der Waals surface area contributed by atoms with E-state index >= 15 is 0 Å². The van der Waals surface area contributed by atoms with Crippen LogP contribution in [-0.2, 0) is 4.79 Å². The van der Waals surface area contributed by atoms with Crippen LogP contribution in [-0.4, -0.2) is 11.1 Å². The van der Waals surface area contributed by atoms with Crippen molar-refractivity contribution in [3.8, 4) is 11.1 Å². The van der Waals surface area contributed by atoms with Crippen LogP contribution >= 0.6 is 0 Å². The Morgan fingerprint density at radius 1 is 1.00 bits per heavy atom. The first-order chi connectivity index (χ1) is 9.47. The third-order valence-corrected chi connectivity index (χ3v) is 3.29. The molecule has 102 valence electrons. The summed E-state index contributed by atoms with van der Waals surface area (Å²) in [7, 11) is 0. The summed E-state index contributed by atoms with van der Waals surface area (Å²) >= 11 is 0. The second kappa shape index (κ2) is 5.74. The Hall–Kier alpha value is -2.35. The van der Waals surface area contributed by atoms with E-state index in [0.717, 1.165) is 17.2 Å². The molecule has 0 fully saturated rings. The van der Waals surface area contributed by atoms with Crippen molar-refractivity contribution in [2.45, 2.75) is 20.8 Å². The Morgan fingerprint density at radius 3 is 2.05 bits per heavy atom. The van der Waals surface area contributed by atoms with E-state index in [1.165, 1.54) is 22.3 Å². The number of aliphatic carboxylic acids is 1. The van der Waals surface area contributed by atoms with E-state index in [0.29, 0.717) is 0 Å². The molecule has 0 aliphatic carbocycles. The van der Waals surface area contributed by atoms with Crippen LogP contribution in [0, 0.1) is 20.8 Å². The molecular formula is C18H18O2. The molecule has 2 aromatic carbocycles. The Morgan fingerprint density at radius 2 is 1.55 bits per heavy atom. The molecule has 0 bridgehead atoms. The minimum Gasteiger partial charge on any atom is -0.478 e. The molecule has 0 aliphatic heterocycles. The highest BCUT2D eigenvalue weighted by Gasteiger charge is 2.06. The number of carboxylic acid groups (broad SMARTS) is 1. The lowest BCUT2D eigenvalue weighted by Crippen LogP contribution is -1.90. The van der Waals surface area contributed by atoms with E-state index in [1.807, 2.05) is 24.3 Å². The zero-order valence-electron chi connectivity index (χ0n) is 12.0. The number of rotatable bonds is 3. The maximum atomic E-state index is 10.5. The van der Waals surface area contributed by atoms with E-state index < -0.39 is 5.97 Å². The maximum Gasteiger partial charge on any atom is 0.328 e. The van der Waals surface area contributed by atoms with Gasteiger partial charge in [-0.1, -0.05) is 42.0 Å². The minimum absolute atomic E-state index is 0.888. The molecule has 2 rings (SSSR count). The molecule has 2 heteroatoms. The molecule has 0 unspecified atom stereocenters. The van der Waals surface area contributed by atoms with Crippen LogP contribution in [0.1, 0.15) is 22.3 Å². The number of hydrogen-bond acceptors (Lipinski definition) is 1. The highest BCUT2D eigenvalue weighted by molar-refractivity contribution is 5.85. The van der Waals surface area contributed by atoms with Crippen LogP contribution in [0.2, 0.25) is 0 Å². The predicted molar refractivity (Wildman–Crippen MR) is 82.8 cm³/mol. The van der Waals surface area contributed by atoms with Crippen molar-refractivity contribution in [1.29, 1.82) is 0 Å². The molecule has 0 radical (unpaired) electrons. The third-order valence-electron chi connectivity index (χ3n) is 3.29. The molecule has 0 saturated carbocycles.